The molecule has 0 saturated heterocycles. The number of hydrogen-bond acceptors (Lipinski definition) is 2. The summed E-state index contributed by atoms with van der Waals surface area (Å²) < 4.78 is 6.99. The van der Waals surface area contributed by atoms with Gasteiger partial charge < -0.3 is 9.30 Å². The van der Waals surface area contributed by atoms with Gasteiger partial charge in [0.25, 0.3) is 0 Å². The Balaban J connectivity index is 2.55. The van der Waals surface area contributed by atoms with E-state index < -0.39 is 0 Å². The van der Waals surface area contributed by atoms with Crippen molar-refractivity contribution in [1.82, 2.24) is 4.57 Å². The average molecular weight is 312 g/mol. The van der Waals surface area contributed by atoms with Crippen LogP contribution in [0.3, 0.4) is 0 Å². The second-order valence-electron chi connectivity index (χ2n) is 4.47. The molecule has 0 fully saturated rings. The lowest BCUT2D eigenvalue weighted by atomic mass is 10.2. The van der Waals surface area contributed by atoms with Crippen LogP contribution in [-0.2, 0) is 4.74 Å². The van der Waals surface area contributed by atoms with Crippen molar-refractivity contribution >= 4 is 29.2 Å². The second-order valence-corrected chi connectivity index (χ2v) is 5.34. The van der Waals surface area contributed by atoms with E-state index in [1.807, 2.05) is 36.6 Å². The smallest absolute Gasteiger partial charge is 0.339 e. The molecule has 1 aromatic carbocycles. The Morgan fingerprint density at radius 1 is 1.15 bits per heavy atom. The SMILES string of the molecule is CCOC(=O)c1cc(C)n(-c2cc(Cl)cc(Cl)c2)c1C. The molecule has 0 aliphatic rings. The molecule has 0 spiro atoms. The molecule has 1 aromatic heterocycles. The van der Waals surface area contributed by atoms with Crippen LogP contribution in [0.15, 0.2) is 24.3 Å². The molecular formula is C15H15Cl2NO2. The van der Waals surface area contributed by atoms with Crippen LogP contribution in [0.1, 0.15) is 28.7 Å². The van der Waals surface area contributed by atoms with Gasteiger partial charge in [-0.05, 0) is 45.0 Å². The normalized spacial score (nSPS) is 10.7. The highest BCUT2D eigenvalue weighted by Gasteiger charge is 2.17. The lowest BCUT2D eigenvalue weighted by Gasteiger charge is -2.11. The molecule has 106 valence electrons. The summed E-state index contributed by atoms with van der Waals surface area (Å²) in [5.74, 6) is -0.319. The Kier molecular flexibility index (Phi) is 4.41. The zero-order valence-corrected chi connectivity index (χ0v) is 13.0. The molecule has 0 aliphatic heterocycles. The zero-order chi connectivity index (χ0) is 14.9. The molecule has 0 saturated carbocycles. The van der Waals surface area contributed by atoms with Gasteiger partial charge in [0.15, 0.2) is 0 Å². The van der Waals surface area contributed by atoms with Gasteiger partial charge in [0.2, 0.25) is 0 Å². The summed E-state index contributed by atoms with van der Waals surface area (Å²) in [5, 5.41) is 1.11. The van der Waals surface area contributed by atoms with Crippen LogP contribution in [0.4, 0.5) is 0 Å². The molecule has 0 unspecified atom stereocenters. The maximum Gasteiger partial charge on any atom is 0.339 e. The van der Waals surface area contributed by atoms with Gasteiger partial charge in [0, 0.05) is 27.1 Å². The van der Waals surface area contributed by atoms with Crippen molar-refractivity contribution in [1.29, 1.82) is 0 Å². The van der Waals surface area contributed by atoms with Crippen molar-refractivity contribution in [2.24, 2.45) is 0 Å². The standard InChI is InChI=1S/C15H15Cl2NO2/c1-4-20-15(19)14-5-9(2)18(10(14)3)13-7-11(16)6-12(17)8-13/h5-8H,4H2,1-3H3. The summed E-state index contributed by atoms with van der Waals surface area (Å²) in [7, 11) is 0. The molecule has 0 aliphatic carbocycles. The van der Waals surface area contributed by atoms with Crippen molar-refractivity contribution in [2.75, 3.05) is 6.61 Å². The summed E-state index contributed by atoms with van der Waals surface area (Å²) >= 11 is 12.1. The first kappa shape index (κ1) is 14.9. The number of rotatable bonds is 3. The maximum absolute atomic E-state index is 11.9. The van der Waals surface area contributed by atoms with Crippen LogP contribution in [0.2, 0.25) is 10.0 Å². The first-order valence-electron chi connectivity index (χ1n) is 6.26. The Bertz CT molecular complexity index is 642. The molecule has 3 nitrogen and oxygen atoms in total. The number of carbonyl (C=O) groups is 1. The van der Waals surface area contributed by atoms with Gasteiger partial charge in [-0.25, -0.2) is 4.79 Å². The highest BCUT2D eigenvalue weighted by molar-refractivity contribution is 6.34. The lowest BCUT2D eigenvalue weighted by molar-refractivity contribution is 0.0525. The predicted octanol–water partition coefficient (Wildman–Crippen LogP) is 4.58. The van der Waals surface area contributed by atoms with E-state index in [0.717, 1.165) is 17.1 Å². The monoisotopic (exact) mass is 311 g/mol. The van der Waals surface area contributed by atoms with Crippen LogP contribution >= 0.6 is 23.2 Å². The third kappa shape index (κ3) is 2.84. The van der Waals surface area contributed by atoms with Crippen molar-refractivity contribution in [3.05, 3.63) is 51.3 Å². The fourth-order valence-electron chi connectivity index (χ4n) is 2.24. The number of aryl methyl sites for hydroxylation is 1. The molecule has 0 N–H and O–H groups in total. The second kappa shape index (κ2) is 5.90. The molecule has 20 heavy (non-hydrogen) atoms. The minimum Gasteiger partial charge on any atom is -0.462 e. The van der Waals surface area contributed by atoms with Gasteiger partial charge in [-0.2, -0.15) is 0 Å². The average Bonchev–Trinajstić information content (AvgIpc) is 2.64. The van der Waals surface area contributed by atoms with Crippen molar-refractivity contribution in [3.8, 4) is 5.69 Å². The number of hydrogen-bond donors (Lipinski definition) is 0. The van der Waals surface area contributed by atoms with Crippen molar-refractivity contribution in [2.45, 2.75) is 20.8 Å². The zero-order valence-electron chi connectivity index (χ0n) is 11.5. The fraction of sp³-hybridized carbons (Fsp3) is 0.267. The minimum absolute atomic E-state index is 0.319. The van der Waals surface area contributed by atoms with E-state index in [4.69, 9.17) is 27.9 Å². The van der Waals surface area contributed by atoms with Crippen molar-refractivity contribution in [3.63, 3.8) is 0 Å². The third-order valence-electron chi connectivity index (χ3n) is 3.03. The van der Waals surface area contributed by atoms with Gasteiger partial charge in [0.05, 0.1) is 12.2 Å². The predicted molar refractivity (Wildman–Crippen MR) is 81.2 cm³/mol. The molecule has 2 aromatic rings. The van der Waals surface area contributed by atoms with E-state index in [0.29, 0.717) is 22.2 Å². The number of benzene rings is 1. The lowest BCUT2D eigenvalue weighted by Crippen LogP contribution is -2.06. The molecule has 0 amide bonds. The third-order valence-corrected chi connectivity index (χ3v) is 3.47. The topological polar surface area (TPSA) is 31.2 Å². The molecule has 0 bridgehead atoms. The largest absolute Gasteiger partial charge is 0.462 e. The number of aromatic nitrogens is 1. The number of halogens is 2. The number of carbonyl (C=O) groups excluding carboxylic acids is 1. The van der Waals surface area contributed by atoms with E-state index in [9.17, 15) is 4.79 Å². The van der Waals surface area contributed by atoms with Crippen LogP contribution in [0, 0.1) is 13.8 Å². The van der Waals surface area contributed by atoms with E-state index in [2.05, 4.69) is 0 Å². The molecule has 2 rings (SSSR count). The molecule has 1 heterocycles. The molecule has 0 atom stereocenters. The number of esters is 1. The summed E-state index contributed by atoms with van der Waals surface area (Å²) in [6.45, 7) is 5.93. The fourth-order valence-corrected chi connectivity index (χ4v) is 2.76. The van der Waals surface area contributed by atoms with Crippen LogP contribution in [-0.4, -0.2) is 17.1 Å². The van der Waals surface area contributed by atoms with Gasteiger partial charge in [-0.1, -0.05) is 23.2 Å². The summed E-state index contributed by atoms with van der Waals surface area (Å²) in [5.41, 5.74) is 3.11. The van der Waals surface area contributed by atoms with E-state index >= 15 is 0 Å². The van der Waals surface area contributed by atoms with Gasteiger partial charge in [0.1, 0.15) is 0 Å². The Hall–Kier alpha value is -1.45. The number of ether oxygens (including phenoxy) is 1. The molecule has 5 heteroatoms. The van der Waals surface area contributed by atoms with Crippen LogP contribution in [0.25, 0.3) is 5.69 Å². The maximum atomic E-state index is 11.9. The van der Waals surface area contributed by atoms with E-state index in [-0.39, 0.29) is 5.97 Å². The first-order valence-corrected chi connectivity index (χ1v) is 7.02. The van der Waals surface area contributed by atoms with Gasteiger partial charge in [-0.3, -0.25) is 0 Å². The Morgan fingerprint density at radius 3 is 2.30 bits per heavy atom. The van der Waals surface area contributed by atoms with Crippen LogP contribution < -0.4 is 0 Å². The van der Waals surface area contributed by atoms with Gasteiger partial charge >= 0.3 is 5.97 Å². The van der Waals surface area contributed by atoms with Crippen LogP contribution in [0.5, 0.6) is 0 Å². The highest BCUT2D eigenvalue weighted by Crippen LogP contribution is 2.26. The van der Waals surface area contributed by atoms with Gasteiger partial charge in [-0.15, -0.1) is 0 Å². The Labute approximate surface area is 128 Å². The minimum atomic E-state index is -0.319. The number of nitrogens with zero attached hydrogens (tertiary/aromatic N) is 1. The summed E-state index contributed by atoms with van der Waals surface area (Å²) in [6.07, 6.45) is 0. The molecular weight excluding hydrogens is 297 g/mol. The highest BCUT2D eigenvalue weighted by atomic mass is 35.5. The summed E-state index contributed by atoms with van der Waals surface area (Å²) in [6, 6.07) is 7.10. The summed E-state index contributed by atoms with van der Waals surface area (Å²) in [4.78, 5) is 11.9. The van der Waals surface area contributed by atoms with E-state index in [1.165, 1.54) is 0 Å². The molecule has 0 radical (unpaired) electrons. The van der Waals surface area contributed by atoms with E-state index in [1.54, 1.807) is 13.0 Å². The first-order chi connectivity index (χ1) is 9.43. The van der Waals surface area contributed by atoms with Crippen molar-refractivity contribution < 1.29 is 9.53 Å². The quantitative estimate of drug-likeness (QED) is 0.777. The Morgan fingerprint density at radius 2 is 1.75 bits per heavy atom.